The molecule has 0 radical (unpaired) electrons. The molecular weight excluding hydrogens is 749 g/mol. The van der Waals surface area contributed by atoms with Crippen LogP contribution in [0.3, 0.4) is 0 Å². The molecule has 12 aromatic rings. The van der Waals surface area contributed by atoms with E-state index < -0.39 is 0 Å². The molecule has 2 nitrogen and oxygen atoms in total. The lowest BCUT2D eigenvalue weighted by molar-refractivity contribution is 1.18. The van der Waals surface area contributed by atoms with Gasteiger partial charge in [-0.25, -0.2) is 0 Å². The van der Waals surface area contributed by atoms with Crippen LogP contribution < -0.4 is 4.90 Å². The summed E-state index contributed by atoms with van der Waals surface area (Å²) in [5.74, 6) is 0. The molecule has 0 fully saturated rings. The van der Waals surface area contributed by atoms with E-state index in [1.54, 1.807) is 0 Å². The number of benzene rings is 11. The van der Waals surface area contributed by atoms with Crippen LogP contribution in [0, 0.1) is 0 Å². The van der Waals surface area contributed by atoms with E-state index in [0.29, 0.717) is 0 Å². The molecule has 0 amide bonds. The van der Waals surface area contributed by atoms with Gasteiger partial charge in [0.2, 0.25) is 0 Å². The average Bonchev–Trinajstić information content (AvgIpc) is 3.70. The molecule has 0 N–H and O–H groups in total. The highest BCUT2D eigenvalue weighted by molar-refractivity contribution is 6.25. The smallest absolute Gasteiger partial charge is 0.0547 e. The van der Waals surface area contributed by atoms with Crippen molar-refractivity contribution >= 4 is 71.2 Å². The Labute approximate surface area is 360 Å². The molecule has 1 heterocycles. The second kappa shape index (κ2) is 14.8. The first-order valence-corrected chi connectivity index (χ1v) is 21.3. The third-order valence-corrected chi connectivity index (χ3v) is 12.5. The van der Waals surface area contributed by atoms with Crippen LogP contribution in [0.2, 0.25) is 0 Å². The van der Waals surface area contributed by atoms with Gasteiger partial charge in [-0.15, -0.1) is 0 Å². The van der Waals surface area contributed by atoms with Crippen molar-refractivity contribution in [3.05, 3.63) is 243 Å². The van der Waals surface area contributed by atoms with Gasteiger partial charge in [0.1, 0.15) is 0 Å². The number of hydrogen-bond donors (Lipinski definition) is 0. The molecule has 0 spiro atoms. The molecule has 11 aromatic carbocycles. The standard InChI is InChI=1S/C60H40N2/c1-3-13-41(14-4-1)42-27-33-50(34-28-42)61(51-35-29-43(30-36-51)46-31-37-54-48(39-46)26-25-44-15-7-9-21-53(44)54)52-20-11-17-47(40-52)56-23-12-24-57-60(56)59-55-22-10-8-16-45(55)32-38-58(59)62(57)49-18-5-2-6-19-49/h1-40H. The van der Waals surface area contributed by atoms with Crippen LogP contribution in [-0.4, -0.2) is 4.57 Å². The summed E-state index contributed by atoms with van der Waals surface area (Å²) in [7, 11) is 0. The highest BCUT2D eigenvalue weighted by Gasteiger charge is 2.20. The van der Waals surface area contributed by atoms with Gasteiger partial charge < -0.3 is 9.47 Å². The Bertz CT molecular complexity index is 3600. The number of fused-ring (bicyclic) bond motifs is 8. The fourth-order valence-electron chi connectivity index (χ4n) is 9.61. The van der Waals surface area contributed by atoms with E-state index in [1.165, 1.54) is 87.5 Å². The van der Waals surface area contributed by atoms with Gasteiger partial charge >= 0.3 is 0 Å². The Balaban J connectivity index is 1.01. The maximum atomic E-state index is 2.42. The molecule has 62 heavy (non-hydrogen) atoms. The van der Waals surface area contributed by atoms with E-state index in [2.05, 4.69) is 252 Å². The van der Waals surface area contributed by atoms with Crippen molar-refractivity contribution in [2.75, 3.05) is 4.90 Å². The highest BCUT2D eigenvalue weighted by atomic mass is 15.1. The lowest BCUT2D eigenvalue weighted by atomic mass is 9.96. The molecule has 0 saturated heterocycles. The zero-order valence-electron chi connectivity index (χ0n) is 34.0. The highest BCUT2D eigenvalue weighted by Crippen LogP contribution is 2.44. The minimum Gasteiger partial charge on any atom is -0.310 e. The summed E-state index contributed by atoms with van der Waals surface area (Å²) in [6, 6.07) is 88.4. The van der Waals surface area contributed by atoms with Crippen LogP contribution in [0.1, 0.15) is 0 Å². The molecule has 0 aliphatic rings. The summed E-state index contributed by atoms with van der Waals surface area (Å²) in [4.78, 5) is 2.39. The van der Waals surface area contributed by atoms with Gasteiger partial charge in [-0.05, 0) is 132 Å². The van der Waals surface area contributed by atoms with Crippen molar-refractivity contribution in [1.82, 2.24) is 4.57 Å². The van der Waals surface area contributed by atoms with E-state index >= 15 is 0 Å². The summed E-state index contributed by atoms with van der Waals surface area (Å²) in [6.45, 7) is 0. The first-order valence-electron chi connectivity index (χ1n) is 21.3. The summed E-state index contributed by atoms with van der Waals surface area (Å²) in [5.41, 5.74) is 14.0. The van der Waals surface area contributed by atoms with E-state index in [1.807, 2.05) is 0 Å². The number of anilines is 3. The zero-order chi connectivity index (χ0) is 41.0. The SMILES string of the molecule is c1ccc(-c2ccc(N(c3ccc(-c4ccc5c(ccc6ccccc65)c4)cc3)c3cccc(-c4cccc5c4c4c6ccccc6ccc4n5-c4ccccc4)c3)cc2)cc1. The minimum absolute atomic E-state index is 1.09. The Morgan fingerprint density at radius 2 is 0.806 bits per heavy atom. The van der Waals surface area contributed by atoms with Crippen molar-refractivity contribution in [3.8, 4) is 39.1 Å². The molecular formula is C60H40N2. The fourth-order valence-corrected chi connectivity index (χ4v) is 9.61. The molecule has 0 aliphatic heterocycles. The summed E-state index contributed by atoms with van der Waals surface area (Å²) in [6.07, 6.45) is 0. The average molecular weight is 789 g/mol. The van der Waals surface area contributed by atoms with Gasteiger partial charge in [0, 0.05) is 33.5 Å². The monoisotopic (exact) mass is 788 g/mol. The summed E-state index contributed by atoms with van der Waals surface area (Å²) in [5, 5.41) is 10.1. The van der Waals surface area contributed by atoms with Crippen LogP contribution >= 0.6 is 0 Å². The molecule has 1 aromatic heterocycles. The largest absolute Gasteiger partial charge is 0.310 e. The molecule has 0 bridgehead atoms. The molecule has 0 atom stereocenters. The van der Waals surface area contributed by atoms with Crippen molar-refractivity contribution in [2.24, 2.45) is 0 Å². The maximum Gasteiger partial charge on any atom is 0.0547 e. The first kappa shape index (κ1) is 35.7. The van der Waals surface area contributed by atoms with Gasteiger partial charge in [-0.3, -0.25) is 0 Å². The van der Waals surface area contributed by atoms with Crippen LogP contribution in [0.25, 0.3) is 93.2 Å². The first-order chi connectivity index (χ1) is 30.7. The summed E-state index contributed by atoms with van der Waals surface area (Å²) >= 11 is 0. The lowest BCUT2D eigenvalue weighted by Gasteiger charge is -2.26. The number of nitrogens with zero attached hydrogens (tertiary/aromatic N) is 2. The predicted octanol–water partition coefficient (Wildman–Crippen LogP) is 16.7. The second-order valence-corrected chi connectivity index (χ2v) is 16.1. The molecule has 12 rings (SSSR count). The third-order valence-electron chi connectivity index (χ3n) is 12.5. The molecule has 0 unspecified atom stereocenters. The predicted molar refractivity (Wildman–Crippen MR) is 264 cm³/mol. The van der Waals surface area contributed by atoms with Crippen molar-refractivity contribution in [1.29, 1.82) is 0 Å². The number of rotatable bonds is 7. The molecule has 0 saturated carbocycles. The molecule has 0 aliphatic carbocycles. The molecule has 2 heteroatoms. The van der Waals surface area contributed by atoms with Gasteiger partial charge in [0.15, 0.2) is 0 Å². The second-order valence-electron chi connectivity index (χ2n) is 16.1. The Hall–Kier alpha value is -8.20. The summed E-state index contributed by atoms with van der Waals surface area (Å²) < 4.78 is 2.42. The number of hydrogen-bond acceptors (Lipinski definition) is 1. The fraction of sp³-hybridized carbons (Fsp3) is 0. The quantitative estimate of drug-likeness (QED) is 0.146. The Morgan fingerprint density at radius 1 is 0.274 bits per heavy atom. The van der Waals surface area contributed by atoms with Crippen molar-refractivity contribution < 1.29 is 0 Å². The zero-order valence-corrected chi connectivity index (χ0v) is 34.0. The van der Waals surface area contributed by atoms with Gasteiger partial charge in [-0.1, -0.05) is 176 Å². The van der Waals surface area contributed by atoms with E-state index in [0.717, 1.165) is 22.7 Å². The van der Waals surface area contributed by atoms with E-state index in [9.17, 15) is 0 Å². The number of aromatic nitrogens is 1. The lowest BCUT2D eigenvalue weighted by Crippen LogP contribution is -2.10. The maximum absolute atomic E-state index is 2.42. The topological polar surface area (TPSA) is 8.17 Å². The van der Waals surface area contributed by atoms with Crippen LogP contribution in [0.5, 0.6) is 0 Å². The van der Waals surface area contributed by atoms with Gasteiger partial charge in [0.25, 0.3) is 0 Å². The van der Waals surface area contributed by atoms with E-state index in [4.69, 9.17) is 0 Å². The van der Waals surface area contributed by atoms with Crippen LogP contribution in [0.4, 0.5) is 17.1 Å². The van der Waals surface area contributed by atoms with Crippen molar-refractivity contribution in [3.63, 3.8) is 0 Å². The van der Waals surface area contributed by atoms with Gasteiger partial charge in [0.05, 0.1) is 11.0 Å². The van der Waals surface area contributed by atoms with Crippen LogP contribution in [-0.2, 0) is 0 Å². The van der Waals surface area contributed by atoms with E-state index in [-0.39, 0.29) is 0 Å². The van der Waals surface area contributed by atoms with Gasteiger partial charge in [-0.2, -0.15) is 0 Å². The third kappa shape index (κ3) is 6.04. The molecule has 290 valence electrons. The van der Waals surface area contributed by atoms with Crippen molar-refractivity contribution in [2.45, 2.75) is 0 Å². The van der Waals surface area contributed by atoms with Crippen LogP contribution in [0.15, 0.2) is 243 Å². The Kier molecular flexibility index (Phi) is 8.53. The minimum atomic E-state index is 1.09. The Morgan fingerprint density at radius 3 is 1.56 bits per heavy atom. The number of para-hydroxylation sites is 1. The normalized spacial score (nSPS) is 11.5.